The second kappa shape index (κ2) is 10.6. The van der Waals surface area contributed by atoms with Crippen molar-refractivity contribution in [3.63, 3.8) is 0 Å². The monoisotopic (exact) mass is 483 g/mol. The van der Waals surface area contributed by atoms with Crippen LogP contribution in [-0.4, -0.2) is 43.9 Å². The van der Waals surface area contributed by atoms with Crippen LogP contribution < -0.4 is 10.6 Å². The highest BCUT2D eigenvalue weighted by Crippen LogP contribution is 2.30. The summed E-state index contributed by atoms with van der Waals surface area (Å²) in [5.74, 6) is -1.90. The molecule has 1 aromatic heterocycles. The van der Waals surface area contributed by atoms with Gasteiger partial charge >= 0.3 is 5.97 Å². The zero-order valence-corrected chi connectivity index (χ0v) is 19.1. The number of nitro groups is 2. The van der Waals surface area contributed by atoms with Crippen molar-refractivity contribution in [2.24, 2.45) is 5.92 Å². The summed E-state index contributed by atoms with van der Waals surface area (Å²) in [5, 5.41) is 38.4. The first-order valence-corrected chi connectivity index (χ1v) is 10.8. The molecule has 12 heteroatoms. The summed E-state index contributed by atoms with van der Waals surface area (Å²) in [7, 11) is 0. The Balaban J connectivity index is 1.84. The van der Waals surface area contributed by atoms with Crippen LogP contribution in [0.5, 0.6) is 0 Å². The van der Waals surface area contributed by atoms with E-state index in [0.717, 1.165) is 29.1 Å². The largest absolute Gasteiger partial charge is 0.480 e. The molecule has 0 fully saturated rings. The Morgan fingerprint density at radius 3 is 2.40 bits per heavy atom. The van der Waals surface area contributed by atoms with E-state index in [9.17, 15) is 34.9 Å². The molecule has 1 amide bonds. The predicted octanol–water partition coefficient (Wildman–Crippen LogP) is 3.62. The van der Waals surface area contributed by atoms with Gasteiger partial charge in [0.15, 0.2) is 0 Å². The Hall–Kier alpha value is -4.48. The van der Waals surface area contributed by atoms with Crippen molar-refractivity contribution in [2.75, 3.05) is 5.32 Å². The fourth-order valence-electron chi connectivity index (χ4n) is 3.79. The van der Waals surface area contributed by atoms with Crippen LogP contribution in [0.15, 0.2) is 48.7 Å². The number of carboxylic acid groups (broad SMARTS) is 1. The molecule has 0 radical (unpaired) electrons. The van der Waals surface area contributed by atoms with Crippen molar-refractivity contribution in [1.29, 1.82) is 0 Å². The number of aromatic amines is 1. The van der Waals surface area contributed by atoms with Gasteiger partial charge in [-0.2, -0.15) is 0 Å². The van der Waals surface area contributed by atoms with Crippen LogP contribution in [0.2, 0.25) is 0 Å². The van der Waals surface area contributed by atoms with E-state index in [2.05, 4.69) is 15.6 Å². The van der Waals surface area contributed by atoms with E-state index >= 15 is 0 Å². The van der Waals surface area contributed by atoms with Gasteiger partial charge in [0, 0.05) is 29.6 Å². The minimum Gasteiger partial charge on any atom is -0.480 e. The van der Waals surface area contributed by atoms with Gasteiger partial charge in [0.2, 0.25) is 5.91 Å². The highest BCUT2D eigenvalue weighted by Gasteiger charge is 2.29. The van der Waals surface area contributed by atoms with Gasteiger partial charge in [-0.15, -0.1) is 0 Å². The molecule has 0 aliphatic heterocycles. The van der Waals surface area contributed by atoms with Crippen molar-refractivity contribution < 1.29 is 24.5 Å². The smallest absolute Gasteiger partial charge is 0.326 e. The molecule has 1 heterocycles. The number of carbonyl (C=O) groups excluding carboxylic acids is 1. The maximum atomic E-state index is 13.1. The van der Waals surface area contributed by atoms with Crippen molar-refractivity contribution in [2.45, 2.75) is 38.8 Å². The molecule has 35 heavy (non-hydrogen) atoms. The number of hydrogen-bond donors (Lipinski definition) is 4. The minimum absolute atomic E-state index is 0.0211. The number of aliphatic carboxylic acids is 1. The predicted molar refractivity (Wildman–Crippen MR) is 128 cm³/mol. The molecule has 0 aliphatic carbocycles. The van der Waals surface area contributed by atoms with Gasteiger partial charge < -0.3 is 20.7 Å². The van der Waals surface area contributed by atoms with E-state index in [1.165, 1.54) is 0 Å². The lowest BCUT2D eigenvalue weighted by atomic mass is 10.0. The van der Waals surface area contributed by atoms with Crippen LogP contribution in [0.25, 0.3) is 10.9 Å². The molecule has 0 saturated heterocycles. The molecule has 4 N–H and O–H groups in total. The number of para-hydroxylation sites is 1. The van der Waals surface area contributed by atoms with E-state index in [1.807, 2.05) is 38.1 Å². The minimum atomic E-state index is -1.25. The third-order valence-electron chi connectivity index (χ3n) is 5.46. The third-order valence-corrected chi connectivity index (χ3v) is 5.46. The summed E-state index contributed by atoms with van der Waals surface area (Å²) in [4.78, 5) is 49.1. The summed E-state index contributed by atoms with van der Waals surface area (Å²) in [6.07, 6.45) is 1.95. The molecule has 2 atom stereocenters. The quantitative estimate of drug-likeness (QED) is 0.236. The number of nitrogens with one attached hydrogen (secondary N) is 3. The number of anilines is 1. The number of nitro benzene ring substituents is 2. The fourth-order valence-corrected chi connectivity index (χ4v) is 3.79. The lowest BCUT2D eigenvalue weighted by molar-refractivity contribution is -0.393. The normalized spacial score (nSPS) is 12.8. The molecule has 2 aromatic carbocycles. The zero-order chi connectivity index (χ0) is 25.7. The van der Waals surface area contributed by atoms with Crippen LogP contribution in [0.1, 0.15) is 25.8 Å². The van der Waals surface area contributed by atoms with Crippen LogP contribution in [0, 0.1) is 26.1 Å². The molecular weight excluding hydrogens is 458 g/mol. The van der Waals surface area contributed by atoms with Gasteiger partial charge in [-0.05, 0) is 30.0 Å². The van der Waals surface area contributed by atoms with E-state index in [0.29, 0.717) is 5.56 Å². The number of fused-ring (bicyclic) bond motifs is 1. The van der Waals surface area contributed by atoms with E-state index in [1.54, 1.807) is 6.20 Å². The number of amides is 1. The molecule has 0 bridgehead atoms. The molecule has 3 rings (SSSR count). The summed E-state index contributed by atoms with van der Waals surface area (Å²) in [5.41, 5.74) is 0.450. The number of carboxylic acids is 1. The molecule has 12 nitrogen and oxygen atoms in total. The topological polar surface area (TPSA) is 180 Å². The standard InChI is InChI=1S/C23H25N5O7/c1-13(2)9-19(25-18-8-7-15(27(32)33)11-21(18)28(34)35)22(29)26-20(23(30)31)10-14-12-24-17-6-4-3-5-16(14)17/h3-8,11-13,19-20,24-25H,9-10H2,1-2H3,(H,26,29)(H,30,31). The Morgan fingerprint density at radius 2 is 1.77 bits per heavy atom. The average molecular weight is 483 g/mol. The summed E-state index contributed by atoms with van der Waals surface area (Å²) in [6, 6.07) is 8.18. The molecule has 0 aliphatic rings. The van der Waals surface area contributed by atoms with Gasteiger partial charge in [-0.3, -0.25) is 25.0 Å². The van der Waals surface area contributed by atoms with Crippen molar-refractivity contribution in [3.8, 4) is 0 Å². The first kappa shape index (κ1) is 25.1. The first-order chi connectivity index (χ1) is 16.6. The number of rotatable bonds is 11. The maximum absolute atomic E-state index is 13.1. The van der Waals surface area contributed by atoms with Gasteiger partial charge in [-0.25, -0.2) is 4.79 Å². The molecule has 184 valence electrons. The van der Waals surface area contributed by atoms with E-state index in [4.69, 9.17) is 0 Å². The second-order valence-electron chi connectivity index (χ2n) is 8.51. The summed E-state index contributed by atoms with van der Waals surface area (Å²) < 4.78 is 0. The van der Waals surface area contributed by atoms with Crippen LogP contribution >= 0.6 is 0 Å². The number of hydrogen-bond acceptors (Lipinski definition) is 7. The summed E-state index contributed by atoms with van der Waals surface area (Å²) >= 11 is 0. The molecule has 2 unspecified atom stereocenters. The van der Waals surface area contributed by atoms with Crippen molar-refractivity contribution in [3.05, 3.63) is 74.5 Å². The van der Waals surface area contributed by atoms with Crippen LogP contribution in [-0.2, 0) is 16.0 Å². The fraction of sp³-hybridized carbons (Fsp3) is 0.304. The highest BCUT2D eigenvalue weighted by atomic mass is 16.6. The van der Waals surface area contributed by atoms with Gasteiger partial charge in [0.05, 0.1) is 15.9 Å². The third kappa shape index (κ3) is 6.10. The van der Waals surface area contributed by atoms with E-state index < -0.39 is 45.2 Å². The van der Waals surface area contributed by atoms with Gasteiger partial charge in [0.1, 0.15) is 17.8 Å². The molecule has 3 aromatic rings. The SMILES string of the molecule is CC(C)CC(Nc1ccc([N+](=O)[O-])cc1[N+](=O)[O-])C(=O)NC(Cc1c[nH]c2ccccc12)C(=O)O. The Morgan fingerprint density at radius 1 is 1.06 bits per heavy atom. The second-order valence-corrected chi connectivity index (χ2v) is 8.51. The Labute approximate surface area is 199 Å². The van der Waals surface area contributed by atoms with E-state index in [-0.39, 0.29) is 24.4 Å². The molecular formula is C23H25N5O7. The number of non-ortho nitro benzene ring substituents is 1. The number of H-pyrrole nitrogens is 1. The van der Waals surface area contributed by atoms with Crippen LogP contribution in [0.4, 0.5) is 17.1 Å². The maximum Gasteiger partial charge on any atom is 0.326 e. The number of aromatic nitrogens is 1. The summed E-state index contributed by atoms with van der Waals surface area (Å²) in [6.45, 7) is 3.68. The first-order valence-electron chi connectivity index (χ1n) is 10.8. The number of carbonyl (C=O) groups is 2. The van der Waals surface area contributed by atoms with Gasteiger partial charge in [-0.1, -0.05) is 32.0 Å². The van der Waals surface area contributed by atoms with Gasteiger partial charge in [0.25, 0.3) is 11.4 Å². The average Bonchev–Trinajstić information content (AvgIpc) is 3.20. The number of benzene rings is 2. The van der Waals surface area contributed by atoms with Crippen molar-refractivity contribution in [1.82, 2.24) is 10.3 Å². The molecule has 0 spiro atoms. The van der Waals surface area contributed by atoms with Crippen molar-refractivity contribution >= 4 is 39.8 Å². The Kier molecular flexibility index (Phi) is 7.64. The lowest BCUT2D eigenvalue weighted by Gasteiger charge is -2.23. The number of nitrogens with zero attached hydrogens (tertiary/aromatic N) is 2. The molecule has 0 saturated carbocycles. The highest BCUT2D eigenvalue weighted by molar-refractivity contribution is 5.90. The van der Waals surface area contributed by atoms with Crippen LogP contribution in [0.3, 0.4) is 0 Å². The Bertz CT molecular complexity index is 1270. The lowest BCUT2D eigenvalue weighted by Crippen LogP contribution is -2.49. The zero-order valence-electron chi connectivity index (χ0n) is 19.1.